The fourth-order valence-corrected chi connectivity index (χ4v) is 3.97. The third kappa shape index (κ3) is 6.28. The number of carboxylic acids is 1. The first-order valence-corrected chi connectivity index (χ1v) is 10.7. The van der Waals surface area contributed by atoms with Gasteiger partial charge in [-0.1, -0.05) is 54.1 Å². The molecule has 1 fully saturated rings. The lowest BCUT2D eigenvalue weighted by Crippen LogP contribution is -2.48. The molecule has 0 spiro atoms. The Morgan fingerprint density at radius 2 is 1.66 bits per heavy atom. The Hall–Kier alpha value is -1.92. The largest absolute Gasteiger partial charge is 0.480 e. The summed E-state index contributed by atoms with van der Waals surface area (Å²) in [6, 6.07) is 18.6. The molecule has 1 unspecified atom stereocenters. The predicted octanol–water partition coefficient (Wildman–Crippen LogP) is 3.50. The monoisotopic (exact) mass is 415 g/mol. The fourth-order valence-electron chi connectivity index (χ4n) is 3.85. The summed E-state index contributed by atoms with van der Waals surface area (Å²) in [4.78, 5) is 15.9. The van der Waals surface area contributed by atoms with Crippen molar-refractivity contribution in [2.75, 3.05) is 39.3 Å². The third-order valence-corrected chi connectivity index (χ3v) is 5.80. The zero-order valence-corrected chi connectivity index (χ0v) is 17.7. The number of piperazine rings is 1. The van der Waals surface area contributed by atoms with Gasteiger partial charge in [-0.05, 0) is 49.7 Å². The molecule has 156 valence electrons. The van der Waals surface area contributed by atoms with Crippen molar-refractivity contribution < 1.29 is 9.90 Å². The van der Waals surface area contributed by atoms with Crippen molar-refractivity contribution in [3.8, 4) is 0 Å². The van der Waals surface area contributed by atoms with Crippen LogP contribution in [0.25, 0.3) is 0 Å². The van der Waals surface area contributed by atoms with Crippen molar-refractivity contribution in [1.82, 2.24) is 15.1 Å². The molecule has 2 N–H and O–H groups in total. The summed E-state index contributed by atoms with van der Waals surface area (Å²) >= 11 is 6.11. The van der Waals surface area contributed by atoms with Crippen molar-refractivity contribution in [1.29, 1.82) is 0 Å². The van der Waals surface area contributed by atoms with E-state index in [1.54, 1.807) is 6.92 Å². The van der Waals surface area contributed by atoms with Gasteiger partial charge in [0, 0.05) is 31.2 Å². The molecule has 1 saturated heterocycles. The molecule has 1 aliphatic rings. The predicted molar refractivity (Wildman–Crippen MR) is 117 cm³/mol. The van der Waals surface area contributed by atoms with Crippen molar-refractivity contribution in [2.45, 2.75) is 25.4 Å². The summed E-state index contributed by atoms with van der Waals surface area (Å²) in [7, 11) is 0. The van der Waals surface area contributed by atoms with E-state index < -0.39 is 12.0 Å². The van der Waals surface area contributed by atoms with Gasteiger partial charge in [-0.25, -0.2) is 0 Å². The number of hydrogen-bond donors (Lipinski definition) is 2. The molecule has 0 bridgehead atoms. The van der Waals surface area contributed by atoms with Crippen LogP contribution in [0, 0.1) is 0 Å². The average Bonchev–Trinajstić information content (AvgIpc) is 2.74. The normalized spacial score (nSPS) is 17.7. The van der Waals surface area contributed by atoms with E-state index in [1.807, 2.05) is 12.1 Å². The van der Waals surface area contributed by atoms with Crippen LogP contribution in [0.1, 0.15) is 30.5 Å². The molecule has 5 nitrogen and oxygen atoms in total. The van der Waals surface area contributed by atoms with E-state index in [0.29, 0.717) is 0 Å². The SMILES string of the molecule is CC(NCCCN1CCN([C@H](c2ccccc2)c2ccc(Cl)cc2)CC1)C(=O)O. The summed E-state index contributed by atoms with van der Waals surface area (Å²) in [6.07, 6.45) is 0.955. The second-order valence-electron chi connectivity index (χ2n) is 7.61. The summed E-state index contributed by atoms with van der Waals surface area (Å²) in [5.41, 5.74) is 2.57. The highest BCUT2D eigenvalue weighted by molar-refractivity contribution is 6.30. The Labute approximate surface area is 178 Å². The highest BCUT2D eigenvalue weighted by atomic mass is 35.5. The number of halogens is 1. The number of nitrogens with zero attached hydrogens (tertiary/aromatic N) is 2. The number of benzene rings is 2. The van der Waals surface area contributed by atoms with Gasteiger partial charge < -0.3 is 15.3 Å². The first-order valence-electron chi connectivity index (χ1n) is 10.3. The van der Waals surface area contributed by atoms with E-state index >= 15 is 0 Å². The molecule has 29 heavy (non-hydrogen) atoms. The standard InChI is InChI=1S/C23H30ClN3O2/c1-18(23(28)29)25-12-5-13-26-14-16-27(17-15-26)22(19-6-3-2-4-7-19)20-8-10-21(24)11-9-20/h2-4,6-11,18,22,25H,5,12-17H2,1H3,(H,28,29)/t18?,22-/m1/s1. The van der Waals surface area contributed by atoms with Crippen LogP contribution in [0.3, 0.4) is 0 Å². The average molecular weight is 416 g/mol. The quantitative estimate of drug-likeness (QED) is 0.614. The number of aliphatic carboxylic acids is 1. The van der Waals surface area contributed by atoms with Gasteiger partial charge in [0.05, 0.1) is 6.04 Å². The van der Waals surface area contributed by atoms with E-state index in [0.717, 1.165) is 50.7 Å². The van der Waals surface area contributed by atoms with E-state index in [9.17, 15) is 4.79 Å². The molecule has 6 heteroatoms. The van der Waals surface area contributed by atoms with Crippen LogP contribution in [-0.4, -0.2) is 66.2 Å². The Morgan fingerprint density at radius 1 is 1.03 bits per heavy atom. The Kier molecular flexibility index (Phi) is 8.07. The molecular formula is C23H30ClN3O2. The first-order chi connectivity index (χ1) is 14.0. The van der Waals surface area contributed by atoms with Gasteiger partial charge >= 0.3 is 5.97 Å². The van der Waals surface area contributed by atoms with Gasteiger partial charge in [0.15, 0.2) is 0 Å². The first kappa shape index (κ1) is 21.8. The van der Waals surface area contributed by atoms with Crippen LogP contribution in [0.5, 0.6) is 0 Å². The molecule has 0 saturated carbocycles. The van der Waals surface area contributed by atoms with Gasteiger partial charge in [-0.15, -0.1) is 0 Å². The highest BCUT2D eigenvalue weighted by Gasteiger charge is 2.26. The van der Waals surface area contributed by atoms with E-state index in [-0.39, 0.29) is 6.04 Å². The minimum atomic E-state index is -0.798. The van der Waals surface area contributed by atoms with E-state index in [1.165, 1.54) is 11.1 Å². The van der Waals surface area contributed by atoms with Gasteiger partial charge in [0.1, 0.15) is 6.04 Å². The van der Waals surface area contributed by atoms with Crippen LogP contribution in [0.15, 0.2) is 54.6 Å². The summed E-state index contributed by atoms with van der Waals surface area (Å²) in [6.45, 7) is 7.44. The number of rotatable bonds is 9. The number of hydrogen-bond acceptors (Lipinski definition) is 4. The molecule has 2 aromatic carbocycles. The van der Waals surface area contributed by atoms with Crippen LogP contribution < -0.4 is 5.32 Å². The fraction of sp³-hybridized carbons (Fsp3) is 0.435. The zero-order valence-electron chi connectivity index (χ0n) is 16.9. The van der Waals surface area contributed by atoms with Crippen LogP contribution in [-0.2, 0) is 4.79 Å². The van der Waals surface area contributed by atoms with E-state index in [4.69, 9.17) is 16.7 Å². The minimum absolute atomic E-state index is 0.230. The summed E-state index contributed by atoms with van der Waals surface area (Å²) in [5.74, 6) is -0.798. The highest BCUT2D eigenvalue weighted by Crippen LogP contribution is 2.30. The Bertz CT molecular complexity index is 761. The van der Waals surface area contributed by atoms with Crippen molar-refractivity contribution >= 4 is 17.6 Å². The molecule has 3 rings (SSSR count). The second kappa shape index (κ2) is 10.7. The molecule has 0 aromatic heterocycles. The lowest BCUT2D eigenvalue weighted by Gasteiger charge is -2.40. The van der Waals surface area contributed by atoms with Gasteiger partial charge in [0.2, 0.25) is 0 Å². The van der Waals surface area contributed by atoms with Crippen LogP contribution in [0.2, 0.25) is 5.02 Å². The maximum Gasteiger partial charge on any atom is 0.320 e. The van der Waals surface area contributed by atoms with Gasteiger partial charge in [-0.3, -0.25) is 9.69 Å². The van der Waals surface area contributed by atoms with Crippen molar-refractivity contribution in [2.24, 2.45) is 0 Å². The summed E-state index contributed by atoms with van der Waals surface area (Å²) in [5, 5.41) is 12.7. The van der Waals surface area contributed by atoms with E-state index in [2.05, 4.69) is 57.6 Å². The molecule has 1 aliphatic heterocycles. The molecule has 0 radical (unpaired) electrons. The third-order valence-electron chi connectivity index (χ3n) is 5.55. The van der Waals surface area contributed by atoms with Crippen molar-refractivity contribution in [3.05, 3.63) is 70.7 Å². The van der Waals surface area contributed by atoms with Crippen molar-refractivity contribution in [3.63, 3.8) is 0 Å². The smallest absolute Gasteiger partial charge is 0.320 e. The lowest BCUT2D eigenvalue weighted by atomic mass is 9.96. The number of carbonyl (C=O) groups is 1. The molecule has 0 amide bonds. The maximum atomic E-state index is 10.9. The van der Waals surface area contributed by atoms with Gasteiger partial charge in [-0.2, -0.15) is 0 Å². The molecule has 2 atom stereocenters. The molecule has 1 heterocycles. The van der Waals surface area contributed by atoms with Gasteiger partial charge in [0.25, 0.3) is 0 Å². The number of carboxylic acid groups (broad SMARTS) is 1. The Morgan fingerprint density at radius 3 is 2.28 bits per heavy atom. The zero-order chi connectivity index (χ0) is 20.6. The number of nitrogens with one attached hydrogen (secondary N) is 1. The topological polar surface area (TPSA) is 55.8 Å². The lowest BCUT2D eigenvalue weighted by molar-refractivity contribution is -0.138. The Balaban J connectivity index is 1.56. The maximum absolute atomic E-state index is 10.9. The second-order valence-corrected chi connectivity index (χ2v) is 8.05. The van der Waals surface area contributed by atoms with Crippen LogP contribution >= 0.6 is 11.6 Å². The molecule has 0 aliphatic carbocycles. The molecule has 2 aromatic rings. The van der Waals surface area contributed by atoms with Crippen LogP contribution in [0.4, 0.5) is 0 Å². The minimum Gasteiger partial charge on any atom is -0.480 e. The summed E-state index contributed by atoms with van der Waals surface area (Å²) < 4.78 is 0. The molecular weight excluding hydrogens is 386 g/mol.